The van der Waals surface area contributed by atoms with E-state index in [1.807, 2.05) is 6.92 Å². The number of rotatable bonds is 4. The van der Waals surface area contributed by atoms with E-state index in [-0.39, 0.29) is 11.7 Å². The summed E-state index contributed by atoms with van der Waals surface area (Å²) in [6.45, 7) is 2.40. The number of carbonyl (C=O) groups excluding carboxylic acids is 1. The molecule has 90 valence electrons. The minimum Gasteiger partial charge on any atom is -0.391 e. The van der Waals surface area contributed by atoms with Crippen molar-refractivity contribution in [1.82, 2.24) is 5.32 Å². The lowest BCUT2D eigenvalue weighted by Gasteiger charge is -2.23. The highest BCUT2D eigenvalue weighted by atomic mass is 35.5. The number of aliphatic hydroxyl groups is 1. The number of dihydropyridines is 1. The first-order chi connectivity index (χ1) is 7.50. The molecule has 0 saturated carbocycles. The summed E-state index contributed by atoms with van der Waals surface area (Å²) in [6, 6.07) is 0. The number of aliphatic imine (C=N–C) groups is 1. The zero-order chi connectivity index (χ0) is 12.2. The molecular weight excluding hydrogens is 251 g/mol. The summed E-state index contributed by atoms with van der Waals surface area (Å²) in [4.78, 5) is 14.2. The molecule has 0 bridgehead atoms. The van der Waals surface area contributed by atoms with Gasteiger partial charge in [0.1, 0.15) is 5.17 Å². The summed E-state index contributed by atoms with van der Waals surface area (Å²) >= 11 is 11.9. The SMILES string of the molecule is CCC(O)CNC(=O)C1(Cl)C=CCN=C1Cl. The van der Waals surface area contributed by atoms with Gasteiger partial charge in [-0.15, -0.1) is 0 Å². The van der Waals surface area contributed by atoms with Gasteiger partial charge in [-0.25, -0.2) is 0 Å². The molecule has 1 amide bonds. The Hall–Kier alpha value is -0.580. The van der Waals surface area contributed by atoms with Crippen molar-refractivity contribution in [2.75, 3.05) is 13.1 Å². The van der Waals surface area contributed by atoms with Crippen LogP contribution in [0.25, 0.3) is 0 Å². The van der Waals surface area contributed by atoms with E-state index >= 15 is 0 Å². The van der Waals surface area contributed by atoms with Crippen molar-refractivity contribution in [1.29, 1.82) is 0 Å². The predicted molar refractivity (Wildman–Crippen MR) is 65.2 cm³/mol. The van der Waals surface area contributed by atoms with E-state index < -0.39 is 16.9 Å². The molecule has 2 atom stereocenters. The average molecular weight is 265 g/mol. The van der Waals surface area contributed by atoms with Crippen LogP contribution in [0.1, 0.15) is 13.3 Å². The van der Waals surface area contributed by atoms with Crippen LogP contribution in [-0.2, 0) is 4.79 Å². The number of nitrogens with one attached hydrogen (secondary N) is 1. The molecule has 0 saturated heterocycles. The van der Waals surface area contributed by atoms with Crippen molar-refractivity contribution in [2.45, 2.75) is 24.3 Å². The molecule has 0 aliphatic carbocycles. The van der Waals surface area contributed by atoms with Gasteiger partial charge < -0.3 is 10.4 Å². The molecule has 1 rings (SSSR count). The molecule has 0 spiro atoms. The largest absolute Gasteiger partial charge is 0.391 e. The molecule has 0 aromatic carbocycles. The molecular formula is C10H14Cl2N2O2. The lowest BCUT2D eigenvalue weighted by atomic mass is 10.1. The van der Waals surface area contributed by atoms with Crippen LogP contribution in [0.4, 0.5) is 0 Å². The fraction of sp³-hybridized carbons (Fsp3) is 0.600. The zero-order valence-corrected chi connectivity index (χ0v) is 10.4. The van der Waals surface area contributed by atoms with Gasteiger partial charge in [0.15, 0.2) is 4.87 Å². The lowest BCUT2D eigenvalue weighted by Crippen LogP contribution is -2.48. The van der Waals surface area contributed by atoms with Crippen LogP contribution < -0.4 is 5.32 Å². The molecule has 1 aliphatic heterocycles. The maximum Gasteiger partial charge on any atom is 0.252 e. The maximum absolute atomic E-state index is 11.8. The first-order valence-corrected chi connectivity index (χ1v) is 5.79. The number of alkyl halides is 1. The van der Waals surface area contributed by atoms with Crippen LogP contribution in [0.15, 0.2) is 17.1 Å². The van der Waals surface area contributed by atoms with E-state index in [2.05, 4.69) is 10.3 Å². The van der Waals surface area contributed by atoms with Gasteiger partial charge in [0.25, 0.3) is 5.91 Å². The second-order valence-corrected chi connectivity index (χ2v) is 4.47. The summed E-state index contributed by atoms with van der Waals surface area (Å²) in [7, 11) is 0. The summed E-state index contributed by atoms with van der Waals surface area (Å²) < 4.78 is 0. The second-order valence-electron chi connectivity index (χ2n) is 3.52. The summed E-state index contributed by atoms with van der Waals surface area (Å²) in [5.74, 6) is -0.466. The van der Waals surface area contributed by atoms with Crippen molar-refractivity contribution in [2.24, 2.45) is 4.99 Å². The maximum atomic E-state index is 11.8. The molecule has 2 unspecified atom stereocenters. The number of hydrogen-bond acceptors (Lipinski definition) is 3. The fourth-order valence-electron chi connectivity index (χ4n) is 1.18. The van der Waals surface area contributed by atoms with Gasteiger partial charge in [-0.2, -0.15) is 0 Å². The number of halogens is 2. The zero-order valence-electron chi connectivity index (χ0n) is 8.91. The molecule has 2 N–H and O–H groups in total. The molecule has 4 nitrogen and oxygen atoms in total. The predicted octanol–water partition coefficient (Wildman–Crippen LogP) is 1.06. The van der Waals surface area contributed by atoms with E-state index in [1.54, 1.807) is 6.08 Å². The van der Waals surface area contributed by atoms with Crippen LogP contribution >= 0.6 is 23.2 Å². The van der Waals surface area contributed by atoms with Crippen LogP contribution in [0, 0.1) is 0 Å². The minimum absolute atomic E-state index is 0.0557. The van der Waals surface area contributed by atoms with Crippen molar-refractivity contribution in [3.05, 3.63) is 12.2 Å². The standard InChI is InChI=1S/C10H14Cl2N2O2/c1-2-7(15)6-14-9(16)10(12)4-3-5-13-8(10)11/h3-4,7,15H,2,5-6H2,1H3,(H,14,16). The first kappa shape index (κ1) is 13.5. The lowest BCUT2D eigenvalue weighted by molar-refractivity contribution is -0.121. The molecule has 1 heterocycles. The second kappa shape index (κ2) is 5.66. The van der Waals surface area contributed by atoms with Crippen molar-refractivity contribution in [3.63, 3.8) is 0 Å². The van der Waals surface area contributed by atoms with Gasteiger partial charge in [-0.05, 0) is 12.5 Å². The van der Waals surface area contributed by atoms with Gasteiger partial charge in [0.2, 0.25) is 0 Å². The Labute approximate surface area is 104 Å². The molecule has 0 aromatic rings. The number of amides is 1. The van der Waals surface area contributed by atoms with Crippen molar-refractivity contribution in [3.8, 4) is 0 Å². The fourth-order valence-corrected chi connectivity index (χ4v) is 1.62. The van der Waals surface area contributed by atoms with Crippen LogP contribution in [0.3, 0.4) is 0 Å². The average Bonchev–Trinajstić information content (AvgIpc) is 2.29. The first-order valence-electron chi connectivity index (χ1n) is 5.04. The van der Waals surface area contributed by atoms with E-state index in [9.17, 15) is 9.90 Å². The number of nitrogens with zero attached hydrogens (tertiary/aromatic N) is 1. The Bertz CT molecular complexity index is 331. The Morgan fingerprint density at radius 1 is 1.81 bits per heavy atom. The number of aliphatic hydroxyl groups excluding tert-OH is 1. The van der Waals surface area contributed by atoms with E-state index in [0.29, 0.717) is 13.0 Å². The van der Waals surface area contributed by atoms with Gasteiger partial charge in [0.05, 0.1) is 12.6 Å². The summed E-state index contributed by atoms with van der Waals surface area (Å²) in [5.41, 5.74) is 0. The monoisotopic (exact) mass is 264 g/mol. The highest BCUT2D eigenvalue weighted by molar-refractivity contribution is 6.76. The van der Waals surface area contributed by atoms with Gasteiger partial charge in [-0.3, -0.25) is 9.79 Å². The van der Waals surface area contributed by atoms with Crippen LogP contribution in [0.5, 0.6) is 0 Å². The van der Waals surface area contributed by atoms with Gasteiger partial charge >= 0.3 is 0 Å². The third-order valence-electron chi connectivity index (χ3n) is 2.28. The topological polar surface area (TPSA) is 61.7 Å². The molecule has 16 heavy (non-hydrogen) atoms. The highest BCUT2D eigenvalue weighted by Crippen LogP contribution is 2.25. The smallest absolute Gasteiger partial charge is 0.252 e. The van der Waals surface area contributed by atoms with Gasteiger partial charge in [-0.1, -0.05) is 36.2 Å². The Balaban J connectivity index is 2.62. The normalized spacial score (nSPS) is 26.1. The van der Waals surface area contributed by atoms with Crippen LogP contribution in [-0.4, -0.2) is 40.3 Å². The number of hydrogen-bond donors (Lipinski definition) is 2. The van der Waals surface area contributed by atoms with E-state index in [4.69, 9.17) is 23.2 Å². The minimum atomic E-state index is -1.42. The molecule has 0 aromatic heterocycles. The molecule has 0 fully saturated rings. The van der Waals surface area contributed by atoms with Crippen molar-refractivity contribution >= 4 is 34.3 Å². The Morgan fingerprint density at radius 2 is 2.50 bits per heavy atom. The molecule has 0 radical (unpaired) electrons. The third-order valence-corrected chi connectivity index (χ3v) is 3.27. The molecule has 6 heteroatoms. The Kier molecular flexibility index (Phi) is 4.77. The quantitative estimate of drug-likeness (QED) is 0.589. The number of carbonyl (C=O) groups is 1. The Morgan fingerprint density at radius 3 is 3.06 bits per heavy atom. The third kappa shape index (κ3) is 2.97. The van der Waals surface area contributed by atoms with Crippen molar-refractivity contribution < 1.29 is 9.90 Å². The summed E-state index contributed by atoms with van der Waals surface area (Å²) in [5, 5.41) is 11.9. The summed E-state index contributed by atoms with van der Waals surface area (Å²) in [6.07, 6.45) is 3.17. The highest BCUT2D eigenvalue weighted by Gasteiger charge is 2.39. The van der Waals surface area contributed by atoms with E-state index in [1.165, 1.54) is 6.08 Å². The molecule has 1 aliphatic rings. The van der Waals surface area contributed by atoms with E-state index in [0.717, 1.165) is 0 Å². The van der Waals surface area contributed by atoms with Gasteiger partial charge in [0, 0.05) is 6.54 Å². The van der Waals surface area contributed by atoms with Crippen LogP contribution in [0.2, 0.25) is 0 Å².